The molecule has 0 N–H and O–H groups in total. The Morgan fingerprint density at radius 3 is 2.38 bits per heavy atom. The highest BCUT2D eigenvalue weighted by atomic mass is 16.5. The Balaban J connectivity index is 2.37. The van der Waals surface area contributed by atoms with Crippen molar-refractivity contribution >= 4 is 5.97 Å². The molecular formula is C14H26O2. The lowest BCUT2D eigenvalue weighted by Gasteiger charge is -2.25. The first-order valence-corrected chi connectivity index (χ1v) is 6.69. The summed E-state index contributed by atoms with van der Waals surface area (Å²) in [4.78, 5) is 11.8. The molecule has 2 heteroatoms. The lowest BCUT2D eigenvalue weighted by molar-refractivity contribution is -0.153. The zero-order chi connectivity index (χ0) is 12.0. The maximum absolute atomic E-state index is 11.8. The van der Waals surface area contributed by atoms with Gasteiger partial charge in [-0.25, -0.2) is 0 Å². The molecule has 0 amide bonds. The van der Waals surface area contributed by atoms with Gasteiger partial charge in [-0.15, -0.1) is 0 Å². The molecular weight excluding hydrogens is 200 g/mol. The van der Waals surface area contributed by atoms with E-state index in [9.17, 15) is 4.79 Å². The summed E-state index contributed by atoms with van der Waals surface area (Å²) >= 11 is 0. The van der Waals surface area contributed by atoms with Crippen molar-refractivity contribution < 1.29 is 9.53 Å². The second kappa shape index (κ2) is 6.27. The topological polar surface area (TPSA) is 26.3 Å². The molecule has 0 saturated heterocycles. The van der Waals surface area contributed by atoms with Crippen molar-refractivity contribution in [1.82, 2.24) is 0 Å². The molecule has 0 aromatic heterocycles. The maximum Gasteiger partial charge on any atom is 0.311 e. The van der Waals surface area contributed by atoms with E-state index in [1.54, 1.807) is 0 Å². The fourth-order valence-electron chi connectivity index (χ4n) is 2.84. The molecule has 0 atom stereocenters. The van der Waals surface area contributed by atoms with Crippen LogP contribution in [0.5, 0.6) is 0 Å². The quantitative estimate of drug-likeness (QED) is 0.506. The van der Waals surface area contributed by atoms with Gasteiger partial charge in [0, 0.05) is 0 Å². The number of esters is 1. The number of carbonyl (C=O) groups is 1. The minimum Gasteiger partial charge on any atom is -0.469 e. The van der Waals surface area contributed by atoms with Crippen LogP contribution in [0.15, 0.2) is 0 Å². The van der Waals surface area contributed by atoms with Crippen LogP contribution in [0.3, 0.4) is 0 Å². The van der Waals surface area contributed by atoms with Crippen molar-refractivity contribution in [3.63, 3.8) is 0 Å². The van der Waals surface area contributed by atoms with Gasteiger partial charge in [-0.2, -0.15) is 0 Å². The average Bonchev–Trinajstić information content (AvgIpc) is 2.73. The number of carbonyl (C=O) groups excluding carboxylic acids is 1. The van der Waals surface area contributed by atoms with Crippen molar-refractivity contribution in [1.29, 1.82) is 0 Å². The van der Waals surface area contributed by atoms with Gasteiger partial charge in [0.25, 0.3) is 0 Å². The van der Waals surface area contributed by atoms with Gasteiger partial charge in [-0.3, -0.25) is 4.79 Å². The molecule has 2 nitrogen and oxygen atoms in total. The Hall–Kier alpha value is -0.530. The number of rotatable bonds is 6. The molecule has 0 spiro atoms. The van der Waals surface area contributed by atoms with Crippen molar-refractivity contribution in [2.24, 2.45) is 11.3 Å². The summed E-state index contributed by atoms with van der Waals surface area (Å²) in [6.07, 6.45) is 9.20. The molecule has 0 radical (unpaired) electrons. The Labute approximate surface area is 99.8 Å². The zero-order valence-corrected chi connectivity index (χ0v) is 11.1. The zero-order valence-electron chi connectivity index (χ0n) is 11.1. The molecule has 1 aliphatic carbocycles. The van der Waals surface area contributed by atoms with Crippen LogP contribution in [0.2, 0.25) is 0 Å². The van der Waals surface area contributed by atoms with E-state index in [2.05, 4.69) is 13.8 Å². The van der Waals surface area contributed by atoms with Gasteiger partial charge in [0.2, 0.25) is 0 Å². The first-order chi connectivity index (χ1) is 7.60. The van der Waals surface area contributed by atoms with E-state index in [1.807, 2.05) is 0 Å². The van der Waals surface area contributed by atoms with E-state index < -0.39 is 0 Å². The number of methoxy groups -OCH3 is 1. The van der Waals surface area contributed by atoms with E-state index in [0.29, 0.717) is 0 Å². The van der Waals surface area contributed by atoms with Crippen LogP contribution in [-0.4, -0.2) is 13.1 Å². The lowest BCUT2D eigenvalue weighted by atomic mass is 9.80. The van der Waals surface area contributed by atoms with Crippen molar-refractivity contribution in [3.05, 3.63) is 0 Å². The standard InChI is InChI=1S/C14H26O2/c1-12(2)8-4-5-9-14(13(15)16-3)10-6-7-11-14/h12H,4-11H2,1-3H3. The molecule has 0 aromatic rings. The third-order valence-corrected chi connectivity index (χ3v) is 3.87. The van der Waals surface area contributed by atoms with Gasteiger partial charge < -0.3 is 4.74 Å². The Kier molecular flexibility index (Phi) is 5.30. The molecule has 1 aliphatic rings. The minimum atomic E-state index is -0.119. The van der Waals surface area contributed by atoms with Crippen molar-refractivity contribution in [3.8, 4) is 0 Å². The highest BCUT2D eigenvalue weighted by Gasteiger charge is 2.41. The number of hydrogen-bond donors (Lipinski definition) is 0. The monoisotopic (exact) mass is 226 g/mol. The summed E-state index contributed by atoms with van der Waals surface area (Å²) in [5, 5.41) is 0. The molecule has 1 rings (SSSR count). The predicted octanol–water partition coefficient (Wildman–Crippen LogP) is 3.94. The van der Waals surface area contributed by atoms with E-state index in [1.165, 1.54) is 39.2 Å². The van der Waals surface area contributed by atoms with Gasteiger partial charge in [0.15, 0.2) is 0 Å². The Bertz CT molecular complexity index is 215. The summed E-state index contributed by atoms with van der Waals surface area (Å²) in [6, 6.07) is 0. The van der Waals surface area contributed by atoms with Crippen LogP contribution in [0, 0.1) is 11.3 Å². The molecule has 0 unspecified atom stereocenters. The normalized spacial score (nSPS) is 19.0. The van der Waals surface area contributed by atoms with Gasteiger partial charge in [-0.1, -0.05) is 46.0 Å². The first-order valence-electron chi connectivity index (χ1n) is 6.69. The van der Waals surface area contributed by atoms with E-state index in [4.69, 9.17) is 4.74 Å². The SMILES string of the molecule is COC(=O)C1(CCCCC(C)C)CCCC1. The second-order valence-corrected chi connectivity index (χ2v) is 5.62. The summed E-state index contributed by atoms with van der Waals surface area (Å²) in [6.45, 7) is 4.51. The van der Waals surface area contributed by atoms with E-state index in [0.717, 1.165) is 25.2 Å². The van der Waals surface area contributed by atoms with E-state index >= 15 is 0 Å². The van der Waals surface area contributed by atoms with Crippen LogP contribution >= 0.6 is 0 Å². The van der Waals surface area contributed by atoms with Gasteiger partial charge in [0.1, 0.15) is 0 Å². The lowest BCUT2D eigenvalue weighted by Crippen LogP contribution is -2.29. The third-order valence-electron chi connectivity index (χ3n) is 3.87. The van der Waals surface area contributed by atoms with Crippen LogP contribution < -0.4 is 0 Å². The molecule has 0 bridgehead atoms. The highest BCUT2D eigenvalue weighted by Crippen LogP contribution is 2.43. The molecule has 0 heterocycles. The predicted molar refractivity (Wildman–Crippen MR) is 66.2 cm³/mol. The van der Waals surface area contributed by atoms with Crippen LogP contribution in [0.4, 0.5) is 0 Å². The molecule has 0 aromatic carbocycles. The Morgan fingerprint density at radius 2 is 1.88 bits per heavy atom. The van der Waals surface area contributed by atoms with Crippen LogP contribution in [0.1, 0.15) is 65.2 Å². The molecule has 16 heavy (non-hydrogen) atoms. The van der Waals surface area contributed by atoms with E-state index in [-0.39, 0.29) is 11.4 Å². The third kappa shape index (κ3) is 3.50. The molecule has 1 saturated carbocycles. The fraction of sp³-hybridized carbons (Fsp3) is 0.929. The molecule has 1 fully saturated rings. The van der Waals surface area contributed by atoms with Gasteiger partial charge in [0.05, 0.1) is 12.5 Å². The average molecular weight is 226 g/mol. The first kappa shape index (κ1) is 13.5. The molecule has 94 valence electrons. The number of ether oxygens (including phenoxy) is 1. The van der Waals surface area contributed by atoms with Gasteiger partial charge in [-0.05, 0) is 25.2 Å². The Morgan fingerprint density at radius 1 is 1.25 bits per heavy atom. The maximum atomic E-state index is 11.8. The summed E-state index contributed by atoms with van der Waals surface area (Å²) < 4.78 is 4.98. The highest BCUT2D eigenvalue weighted by molar-refractivity contribution is 5.77. The second-order valence-electron chi connectivity index (χ2n) is 5.62. The van der Waals surface area contributed by atoms with Crippen LogP contribution in [-0.2, 0) is 9.53 Å². The summed E-state index contributed by atoms with van der Waals surface area (Å²) in [5.41, 5.74) is -0.119. The fourth-order valence-corrected chi connectivity index (χ4v) is 2.84. The number of unbranched alkanes of at least 4 members (excludes halogenated alkanes) is 1. The van der Waals surface area contributed by atoms with Crippen molar-refractivity contribution in [2.75, 3.05) is 7.11 Å². The van der Waals surface area contributed by atoms with Gasteiger partial charge >= 0.3 is 5.97 Å². The summed E-state index contributed by atoms with van der Waals surface area (Å²) in [7, 11) is 1.52. The van der Waals surface area contributed by atoms with Crippen molar-refractivity contribution in [2.45, 2.75) is 65.2 Å². The largest absolute Gasteiger partial charge is 0.469 e. The summed E-state index contributed by atoms with van der Waals surface area (Å²) in [5.74, 6) is 0.812. The molecule has 0 aliphatic heterocycles. The van der Waals surface area contributed by atoms with Crippen LogP contribution in [0.25, 0.3) is 0 Å². The number of hydrogen-bond acceptors (Lipinski definition) is 2. The smallest absolute Gasteiger partial charge is 0.311 e. The minimum absolute atomic E-state index is 0.0366.